The van der Waals surface area contributed by atoms with Gasteiger partial charge in [0.1, 0.15) is 12.6 Å². The summed E-state index contributed by atoms with van der Waals surface area (Å²) in [7, 11) is -3.87. The number of sulfonamides is 1. The van der Waals surface area contributed by atoms with E-state index in [9.17, 15) is 18.0 Å². The lowest BCUT2D eigenvalue weighted by molar-refractivity contribution is -0.140. The van der Waals surface area contributed by atoms with Gasteiger partial charge in [0.05, 0.1) is 11.9 Å². The van der Waals surface area contributed by atoms with Crippen molar-refractivity contribution in [1.82, 2.24) is 10.2 Å². The van der Waals surface area contributed by atoms with Crippen LogP contribution in [0.3, 0.4) is 0 Å². The van der Waals surface area contributed by atoms with Crippen LogP contribution in [-0.2, 0) is 32.6 Å². The van der Waals surface area contributed by atoms with Crippen LogP contribution >= 0.6 is 11.6 Å². The number of halogens is 1. The van der Waals surface area contributed by atoms with Crippen molar-refractivity contribution >= 4 is 39.1 Å². The zero-order chi connectivity index (χ0) is 29.7. The molecule has 3 rings (SSSR count). The molecular weight excluding hydrogens is 546 g/mol. The number of aryl methyl sites for hydroxylation is 1. The number of anilines is 1. The Kier molecular flexibility index (Phi) is 10.0. The van der Waals surface area contributed by atoms with Gasteiger partial charge in [-0.1, -0.05) is 77.8 Å². The molecule has 2 amide bonds. The molecule has 0 aromatic heterocycles. The monoisotopic (exact) mass is 583 g/mol. The fraction of sp³-hybridized carbons (Fsp3) is 0.355. The maximum Gasteiger partial charge on any atom is 0.244 e. The average Bonchev–Trinajstić information content (AvgIpc) is 2.85. The van der Waals surface area contributed by atoms with Gasteiger partial charge in [-0.15, -0.1) is 0 Å². The van der Waals surface area contributed by atoms with Crippen LogP contribution in [0.2, 0.25) is 5.02 Å². The second kappa shape index (κ2) is 12.9. The van der Waals surface area contributed by atoms with Crippen LogP contribution in [0.1, 0.15) is 43.0 Å². The minimum atomic E-state index is -3.87. The largest absolute Gasteiger partial charge is 0.350 e. The van der Waals surface area contributed by atoms with Gasteiger partial charge in [0, 0.05) is 23.5 Å². The summed E-state index contributed by atoms with van der Waals surface area (Å²) < 4.78 is 27.0. The molecule has 0 saturated heterocycles. The lowest BCUT2D eigenvalue weighted by Gasteiger charge is -2.35. The Bertz CT molecular complexity index is 1450. The minimum absolute atomic E-state index is 0.127. The third kappa shape index (κ3) is 8.57. The summed E-state index contributed by atoms with van der Waals surface area (Å²) in [6.45, 7) is 8.94. The molecule has 7 nitrogen and oxygen atoms in total. The lowest BCUT2D eigenvalue weighted by atomic mass is 10.0. The van der Waals surface area contributed by atoms with Crippen molar-refractivity contribution < 1.29 is 18.0 Å². The molecule has 3 aromatic rings. The summed E-state index contributed by atoms with van der Waals surface area (Å²) in [5, 5.41) is 3.41. The predicted octanol–water partition coefficient (Wildman–Crippen LogP) is 5.28. The Morgan fingerprint density at radius 2 is 1.55 bits per heavy atom. The normalized spacial score (nSPS) is 12.5. The summed E-state index contributed by atoms with van der Waals surface area (Å²) in [5.74, 6) is -0.821. The molecule has 0 bridgehead atoms. The third-order valence-corrected chi connectivity index (χ3v) is 7.93. The highest BCUT2D eigenvalue weighted by molar-refractivity contribution is 7.92. The highest BCUT2D eigenvalue weighted by Gasteiger charge is 2.34. The quantitative estimate of drug-likeness (QED) is 0.352. The molecule has 1 N–H and O–H groups in total. The number of carbonyl (C=O) groups excluding carboxylic acids is 2. The number of amides is 2. The summed E-state index contributed by atoms with van der Waals surface area (Å²) in [4.78, 5) is 29.4. The van der Waals surface area contributed by atoms with Crippen molar-refractivity contribution in [2.75, 3.05) is 17.1 Å². The SMILES string of the molecule is Cc1cccc(CN(C(=O)CN(c2cccc(Cl)c2C)S(C)(=O)=O)C(Cc2ccccc2)C(=O)NC(C)(C)C)c1. The van der Waals surface area contributed by atoms with Gasteiger partial charge in [-0.05, 0) is 63.4 Å². The number of nitrogens with zero attached hydrogens (tertiary/aromatic N) is 2. The molecule has 3 aromatic carbocycles. The third-order valence-electron chi connectivity index (χ3n) is 6.39. The van der Waals surface area contributed by atoms with Crippen LogP contribution in [-0.4, -0.2) is 49.5 Å². The first-order valence-corrected chi connectivity index (χ1v) is 15.3. The van der Waals surface area contributed by atoms with E-state index in [1.807, 2.05) is 82.3 Å². The first-order valence-electron chi connectivity index (χ1n) is 13.1. The van der Waals surface area contributed by atoms with Gasteiger partial charge < -0.3 is 10.2 Å². The van der Waals surface area contributed by atoms with E-state index < -0.39 is 34.1 Å². The summed E-state index contributed by atoms with van der Waals surface area (Å²) in [5.41, 5.74) is 3.04. The maximum atomic E-state index is 14.2. The molecule has 0 heterocycles. The minimum Gasteiger partial charge on any atom is -0.350 e. The lowest BCUT2D eigenvalue weighted by Crippen LogP contribution is -2.56. The number of carbonyl (C=O) groups is 2. The van der Waals surface area contributed by atoms with Crippen molar-refractivity contribution in [3.63, 3.8) is 0 Å². The Morgan fingerprint density at radius 1 is 0.925 bits per heavy atom. The topological polar surface area (TPSA) is 86.8 Å². The second-order valence-corrected chi connectivity index (χ2v) is 13.4. The van der Waals surface area contributed by atoms with Gasteiger partial charge in [0.25, 0.3) is 0 Å². The molecule has 0 aliphatic heterocycles. The Hall–Kier alpha value is -3.36. The Labute approximate surface area is 243 Å². The number of nitrogens with one attached hydrogen (secondary N) is 1. The fourth-order valence-electron chi connectivity index (χ4n) is 4.48. The van der Waals surface area contributed by atoms with Crippen molar-refractivity contribution in [1.29, 1.82) is 0 Å². The van der Waals surface area contributed by atoms with Gasteiger partial charge in [-0.25, -0.2) is 8.42 Å². The zero-order valence-electron chi connectivity index (χ0n) is 23.9. The van der Waals surface area contributed by atoms with E-state index in [1.54, 1.807) is 25.1 Å². The second-order valence-electron chi connectivity index (χ2n) is 11.1. The molecule has 1 unspecified atom stereocenters. The van der Waals surface area contributed by atoms with E-state index in [0.29, 0.717) is 16.3 Å². The fourth-order valence-corrected chi connectivity index (χ4v) is 5.54. The molecule has 0 aliphatic carbocycles. The first-order chi connectivity index (χ1) is 18.7. The highest BCUT2D eigenvalue weighted by Crippen LogP contribution is 2.28. The molecule has 0 aliphatic rings. The highest BCUT2D eigenvalue weighted by atomic mass is 35.5. The van der Waals surface area contributed by atoms with E-state index >= 15 is 0 Å². The molecular formula is C31H38ClN3O4S. The molecule has 9 heteroatoms. The van der Waals surface area contributed by atoms with Crippen molar-refractivity contribution in [2.45, 2.75) is 59.2 Å². The number of rotatable bonds is 10. The maximum absolute atomic E-state index is 14.2. The van der Waals surface area contributed by atoms with E-state index in [1.165, 1.54) is 4.90 Å². The van der Waals surface area contributed by atoms with Crippen LogP contribution in [0.15, 0.2) is 72.8 Å². The van der Waals surface area contributed by atoms with Crippen LogP contribution in [0.25, 0.3) is 0 Å². The molecule has 0 spiro atoms. The standard InChI is InChI=1S/C31H38ClN3O4S/c1-22-12-10-15-25(18-22)20-34(28(30(37)33-31(3,4)5)19-24-13-8-7-9-14-24)29(36)21-35(40(6,38)39)27-17-11-16-26(32)23(27)2/h7-18,28H,19-21H2,1-6H3,(H,33,37). The average molecular weight is 584 g/mol. The molecule has 0 radical (unpaired) electrons. The molecule has 40 heavy (non-hydrogen) atoms. The number of benzene rings is 3. The van der Waals surface area contributed by atoms with Crippen molar-refractivity contribution in [3.05, 3.63) is 100 Å². The first kappa shape index (κ1) is 31.2. The van der Waals surface area contributed by atoms with E-state index in [2.05, 4.69) is 5.32 Å². The van der Waals surface area contributed by atoms with Crippen LogP contribution in [0.4, 0.5) is 5.69 Å². The summed E-state index contributed by atoms with van der Waals surface area (Å²) in [6.07, 6.45) is 1.31. The zero-order valence-corrected chi connectivity index (χ0v) is 25.5. The van der Waals surface area contributed by atoms with Gasteiger partial charge >= 0.3 is 0 Å². The van der Waals surface area contributed by atoms with E-state index in [-0.39, 0.29) is 18.9 Å². The van der Waals surface area contributed by atoms with Crippen LogP contribution in [0.5, 0.6) is 0 Å². The van der Waals surface area contributed by atoms with E-state index in [4.69, 9.17) is 11.6 Å². The van der Waals surface area contributed by atoms with Gasteiger partial charge in [-0.3, -0.25) is 13.9 Å². The smallest absolute Gasteiger partial charge is 0.244 e. The van der Waals surface area contributed by atoms with Gasteiger partial charge in [0.15, 0.2) is 0 Å². The molecule has 1 atom stereocenters. The molecule has 214 valence electrons. The molecule has 0 fully saturated rings. The summed E-state index contributed by atoms with van der Waals surface area (Å²) in [6, 6.07) is 21.2. The number of hydrogen-bond donors (Lipinski definition) is 1. The van der Waals surface area contributed by atoms with Crippen molar-refractivity contribution in [2.24, 2.45) is 0 Å². The van der Waals surface area contributed by atoms with Crippen molar-refractivity contribution in [3.8, 4) is 0 Å². The number of hydrogen-bond acceptors (Lipinski definition) is 4. The molecule has 0 saturated carbocycles. The van der Waals surface area contributed by atoms with Gasteiger partial charge in [-0.2, -0.15) is 0 Å². The van der Waals surface area contributed by atoms with E-state index in [0.717, 1.165) is 27.3 Å². The van der Waals surface area contributed by atoms with Crippen LogP contribution in [0, 0.1) is 13.8 Å². The Balaban J connectivity index is 2.10. The van der Waals surface area contributed by atoms with Gasteiger partial charge in [0.2, 0.25) is 21.8 Å². The van der Waals surface area contributed by atoms with Crippen LogP contribution < -0.4 is 9.62 Å². The Morgan fingerprint density at radius 3 is 2.15 bits per heavy atom. The summed E-state index contributed by atoms with van der Waals surface area (Å²) >= 11 is 6.30. The predicted molar refractivity (Wildman–Crippen MR) is 162 cm³/mol.